The summed E-state index contributed by atoms with van der Waals surface area (Å²) < 4.78 is 6.24. The van der Waals surface area contributed by atoms with Gasteiger partial charge in [0.05, 0.1) is 0 Å². The van der Waals surface area contributed by atoms with E-state index in [1.807, 2.05) is 0 Å². The van der Waals surface area contributed by atoms with E-state index in [-0.39, 0.29) is 5.41 Å². The molecule has 0 radical (unpaired) electrons. The first-order chi connectivity index (χ1) is 8.28. The van der Waals surface area contributed by atoms with Crippen molar-refractivity contribution in [2.75, 3.05) is 0 Å². The first kappa shape index (κ1) is 13.5. The van der Waals surface area contributed by atoms with Gasteiger partial charge < -0.3 is 4.74 Å². The van der Waals surface area contributed by atoms with Crippen molar-refractivity contribution < 1.29 is 4.74 Å². The highest BCUT2D eigenvalue weighted by Crippen LogP contribution is 2.41. The van der Waals surface area contributed by atoms with E-state index in [0.717, 1.165) is 18.6 Å². The largest absolute Gasteiger partial charge is 0.490 e. The Kier molecular flexibility index (Phi) is 3.44. The normalized spacial score (nSPS) is 20.2. The molecule has 0 saturated heterocycles. The van der Waals surface area contributed by atoms with E-state index in [9.17, 15) is 0 Å². The number of fused-ring (bicyclic) bond motifs is 1. The maximum Gasteiger partial charge on any atom is 0.122 e. The maximum atomic E-state index is 6.24. The predicted molar refractivity (Wildman–Crippen MR) is 77.0 cm³/mol. The molecular formula is C17H26O. The molecule has 1 unspecified atom stereocenters. The molecule has 0 fully saturated rings. The van der Waals surface area contributed by atoms with E-state index in [0.29, 0.717) is 11.5 Å². The topological polar surface area (TPSA) is 9.23 Å². The quantitative estimate of drug-likeness (QED) is 0.725. The van der Waals surface area contributed by atoms with E-state index in [1.54, 1.807) is 0 Å². The lowest BCUT2D eigenvalue weighted by atomic mass is 9.71. The van der Waals surface area contributed by atoms with Crippen LogP contribution in [0.3, 0.4) is 0 Å². The van der Waals surface area contributed by atoms with Crippen LogP contribution in [0.2, 0.25) is 0 Å². The number of rotatable bonds is 2. The number of para-hydroxylation sites is 1. The smallest absolute Gasteiger partial charge is 0.122 e. The monoisotopic (exact) mass is 246 g/mol. The van der Waals surface area contributed by atoms with Crippen LogP contribution in [0.4, 0.5) is 0 Å². The summed E-state index contributed by atoms with van der Waals surface area (Å²) in [4.78, 5) is 0. The highest BCUT2D eigenvalue weighted by Gasteiger charge is 2.36. The lowest BCUT2D eigenvalue weighted by Gasteiger charge is -2.41. The Labute approximate surface area is 112 Å². The molecule has 100 valence electrons. The van der Waals surface area contributed by atoms with Crippen LogP contribution in [0, 0.1) is 10.8 Å². The minimum atomic E-state index is 0.228. The molecule has 1 heterocycles. The van der Waals surface area contributed by atoms with Gasteiger partial charge in [-0.15, -0.1) is 0 Å². The van der Waals surface area contributed by atoms with Crippen molar-refractivity contribution in [1.82, 2.24) is 0 Å². The highest BCUT2D eigenvalue weighted by atomic mass is 16.5. The van der Waals surface area contributed by atoms with Crippen molar-refractivity contribution in [2.24, 2.45) is 10.8 Å². The first-order valence-corrected chi connectivity index (χ1v) is 7.02. The van der Waals surface area contributed by atoms with Crippen molar-refractivity contribution in [3.8, 4) is 5.75 Å². The van der Waals surface area contributed by atoms with Gasteiger partial charge in [0.2, 0.25) is 0 Å². The van der Waals surface area contributed by atoms with Crippen molar-refractivity contribution in [3.63, 3.8) is 0 Å². The van der Waals surface area contributed by atoms with Crippen LogP contribution in [-0.4, -0.2) is 6.10 Å². The second-order valence-corrected chi connectivity index (χ2v) is 7.48. The van der Waals surface area contributed by atoms with Crippen LogP contribution in [0.5, 0.6) is 5.75 Å². The molecule has 1 aliphatic heterocycles. The Balaban J connectivity index is 2.13. The summed E-state index contributed by atoms with van der Waals surface area (Å²) in [5, 5.41) is 0. The molecular weight excluding hydrogens is 220 g/mol. The Hall–Kier alpha value is -0.980. The highest BCUT2D eigenvalue weighted by molar-refractivity contribution is 5.35. The molecule has 0 aromatic heterocycles. The number of hydrogen-bond acceptors (Lipinski definition) is 1. The standard InChI is InChI=1S/C17H26O/c1-16(2,3)12-17(4,5)15-11-10-13-8-6-7-9-14(13)18-15/h6-9,15H,10-12H2,1-5H3. The van der Waals surface area contributed by atoms with Crippen LogP contribution in [-0.2, 0) is 6.42 Å². The van der Waals surface area contributed by atoms with Crippen molar-refractivity contribution in [1.29, 1.82) is 0 Å². The van der Waals surface area contributed by atoms with Gasteiger partial charge in [-0.05, 0) is 36.3 Å². The number of ether oxygens (including phenoxy) is 1. The molecule has 1 atom stereocenters. The van der Waals surface area contributed by atoms with Gasteiger partial charge >= 0.3 is 0 Å². The molecule has 0 aliphatic carbocycles. The van der Waals surface area contributed by atoms with Gasteiger partial charge in [0, 0.05) is 5.41 Å². The van der Waals surface area contributed by atoms with Crippen molar-refractivity contribution in [2.45, 2.75) is 60.0 Å². The van der Waals surface area contributed by atoms with Gasteiger partial charge in [0.25, 0.3) is 0 Å². The number of hydrogen-bond donors (Lipinski definition) is 0. The van der Waals surface area contributed by atoms with Gasteiger partial charge in [-0.3, -0.25) is 0 Å². The van der Waals surface area contributed by atoms with E-state index in [2.05, 4.69) is 58.9 Å². The Morgan fingerprint density at radius 2 is 1.78 bits per heavy atom. The molecule has 1 nitrogen and oxygen atoms in total. The van der Waals surface area contributed by atoms with E-state index >= 15 is 0 Å². The lowest BCUT2D eigenvalue weighted by Crippen LogP contribution is -2.39. The third-order valence-corrected chi connectivity index (χ3v) is 3.78. The van der Waals surface area contributed by atoms with Gasteiger partial charge in [-0.2, -0.15) is 0 Å². The molecule has 1 aliphatic rings. The molecule has 2 rings (SSSR count). The third kappa shape index (κ3) is 3.07. The van der Waals surface area contributed by atoms with Gasteiger partial charge in [-0.25, -0.2) is 0 Å². The predicted octanol–water partition coefficient (Wildman–Crippen LogP) is 4.84. The zero-order chi connectivity index (χ0) is 13.4. The van der Waals surface area contributed by atoms with E-state index in [4.69, 9.17) is 4.74 Å². The summed E-state index contributed by atoms with van der Waals surface area (Å²) in [5.41, 5.74) is 1.94. The average Bonchev–Trinajstić information content (AvgIpc) is 2.25. The molecule has 1 heteroatoms. The van der Waals surface area contributed by atoms with Gasteiger partial charge in [0.1, 0.15) is 11.9 Å². The summed E-state index contributed by atoms with van der Waals surface area (Å²) in [6, 6.07) is 8.46. The summed E-state index contributed by atoms with van der Waals surface area (Å²) in [5.74, 6) is 1.09. The summed E-state index contributed by atoms with van der Waals surface area (Å²) in [7, 11) is 0. The molecule has 1 aromatic rings. The summed E-state index contributed by atoms with van der Waals surface area (Å²) in [6.45, 7) is 11.6. The molecule has 0 amide bonds. The minimum absolute atomic E-state index is 0.228. The van der Waals surface area contributed by atoms with Crippen molar-refractivity contribution >= 4 is 0 Å². The zero-order valence-corrected chi connectivity index (χ0v) is 12.4. The average molecular weight is 246 g/mol. The molecule has 1 aromatic carbocycles. The maximum absolute atomic E-state index is 6.24. The number of benzene rings is 1. The Morgan fingerprint density at radius 1 is 1.11 bits per heavy atom. The number of aryl methyl sites for hydroxylation is 1. The molecule has 0 N–H and O–H groups in total. The summed E-state index contributed by atoms with van der Waals surface area (Å²) >= 11 is 0. The molecule has 18 heavy (non-hydrogen) atoms. The molecule has 0 bridgehead atoms. The lowest BCUT2D eigenvalue weighted by molar-refractivity contribution is 0.0259. The zero-order valence-electron chi connectivity index (χ0n) is 12.4. The summed E-state index contributed by atoms with van der Waals surface area (Å²) in [6.07, 6.45) is 3.81. The second kappa shape index (κ2) is 4.60. The van der Waals surface area contributed by atoms with Crippen LogP contribution in [0.15, 0.2) is 24.3 Å². The van der Waals surface area contributed by atoms with Gasteiger partial charge in [0.15, 0.2) is 0 Å². The van der Waals surface area contributed by atoms with Crippen molar-refractivity contribution in [3.05, 3.63) is 29.8 Å². The second-order valence-electron chi connectivity index (χ2n) is 7.48. The van der Waals surface area contributed by atoms with Crippen LogP contribution in [0.25, 0.3) is 0 Å². The van der Waals surface area contributed by atoms with Crippen LogP contribution in [0.1, 0.15) is 53.0 Å². The SMILES string of the molecule is CC(C)(C)CC(C)(C)C1CCc2ccccc2O1. The van der Waals surface area contributed by atoms with Crippen LogP contribution >= 0.6 is 0 Å². The Morgan fingerprint density at radius 3 is 2.44 bits per heavy atom. The Bertz CT molecular complexity index is 412. The van der Waals surface area contributed by atoms with Crippen LogP contribution < -0.4 is 4.74 Å². The minimum Gasteiger partial charge on any atom is -0.490 e. The fraction of sp³-hybridized carbons (Fsp3) is 0.647. The molecule has 0 spiro atoms. The van der Waals surface area contributed by atoms with E-state index < -0.39 is 0 Å². The van der Waals surface area contributed by atoms with Gasteiger partial charge in [-0.1, -0.05) is 52.8 Å². The fourth-order valence-corrected chi connectivity index (χ4v) is 3.36. The third-order valence-electron chi connectivity index (χ3n) is 3.78. The fourth-order valence-electron chi connectivity index (χ4n) is 3.36. The molecule has 0 saturated carbocycles. The van der Waals surface area contributed by atoms with E-state index in [1.165, 1.54) is 12.0 Å². The first-order valence-electron chi connectivity index (χ1n) is 7.02.